The quantitative estimate of drug-likeness (QED) is 0.469. The number of halogens is 1. The summed E-state index contributed by atoms with van der Waals surface area (Å²) in [5.41, 5.74) is 7.02. The number of anilines is 1. The van der Waals surface area contributed by atoms with Gasteiger partial charge < -0.3 is 21.1 Å². The molecule has 1 heterocycles. The standard InChI is InChI=1S/C19H20FN5O3/c20-16-7-2-1-5-14(16)12-27-15-6-3-4-13(10-15)11-22-8-9-23-19(26)17-18(21)25-28-24-17/h1-7,10,22H,8-9,11-12H2,(H2,21,25)(H,23,26)/p+1. The number of hydrogen-bond acceptors (Lipinski definition) is 6. The molecule has 0 aliphatic rings. The highest BCUT2D eigenvalue weighted by atomic mass is 19.1. The van der Waals surface area contributed by atoms with Crippen molar-refractivity contribution in [3.8, 4) is 5.75 Å². The van der Waals surface area contributed by atoms with Gasteiger partial charge >= 0.3 is 0 Å². The van der Waals surface area contributed by atoms with Gasteiger partial charge in [-0.3, -0.25) is 4.79 Å². The molecule has 146 valence electrons. The Labute approximate surface area is 160 Å². The minimum absolute atomic E-state index is 0.0142. The van der Waals surface area contributed by atoms with Crippen LogP contribution in [-0.2, 0) is 13.2 Å². The second-order valence-electron chi connectivity index (χ2n) is 6.06. The van der Waals surface area contributed by atoms with Crippen LogP contribution in [-0.4, -0.2) is 29.3 Å². The van der Waals surface area contributed by atoms with Crippen LogP contribution in [0.4, 0.5) is 10.2 Å². The molecular weight excluding hydrogens is 365 g/mol. The third-order valence-corrected chi connectivity index (χ3v) is 3.99. The van der Waals surface area contributed by atoms with E-state index < -0.39 is 5.91 Å². The molecule has 0 fully saturated rings. The van der Waals surface area contributed by atoms with E-state index in [1.165, 1.54) is 6.07 Å². The Kier molecular flexibility index (Phi) is 6.53. The van der Waals surface area contributed by atoms with E-state index in [2.05, 4.69) is 20.3 Å². The van der Waals surface area contributed by atoms with Crippen LogP contribution < -0.4 is 21.1 Å². The molecule has 0 spiro atoms. The number of aromatic nitrogens is 2. The van der Waals surface area contributed by atoms with Crippen LogP contribution >= 0.6 is 0 Å². The fourth-order valence-electron chi connectivity index (χ4n) is 2.53. The van der Waals surface area contributed by atoms with Crippen molar-refractivity contribution in [1.82, 2.24) is 15.6 Å². The number of nitrogens with two attached hydrogens (primary N) is 2. The summed E-state index contributed by atoms with van der Waals surface area (Å²) < 4.78 is 23.7. The summed E-state index contributed by atoms with van der Waals surface area (Å²) in [6.45, 7) is 1.98. The number of carbonyl (C=O) groups excluding carboxylic acids is 1. The van der Waals surface area contributed by atoms with E-state index in [4.69, 9.17) is 10.5 Å². The van der Waals surface area contributed by atoms with Gasteiger partial charge in [0.2, 0.25) is 11.5 Å². The normalized spacial score (nSPS) is 10.6. The summed E-state index contributed by atoms with van der Waals surface area (Å²) in [4.78, 5) is 11.8. The highest BCUT2D eigenvalue weighted by Crippen LogP contribution is 2.16. The average Bonchev–Trinajstić information content (AvgIpc) is 3.13. The first-order valence-electron chi connectivity index (χ1n) is 8.76. The van der Waals surface area contributed by atoms with Gasteiger partial charge in [0.15, 0.2) is 0 Å². The van der Waals surface area contributed by atoms with Gasteiger partial charge in [-0.2, -0.15) is 0 Å². The molecule has 1 amide bonds. The van der Waals surface area contributed by atoms with Gasteiger partial charge in [0.1, 0.15) is 24.7 Å². The molecule has 0 aliphatic heterocycles. The number of ether oxygens (including phenoxy) is 1. The molecule has 5 N–H and O–H groups in total. The van der Waals surface area contributed by atoms with Crippen LogP contribution in [0.5, 0.6) is 5.75 Å². The number of nitrogens with one attached hydrogen (secondary N) is 1. The largest absolute Gasteiger partial charge is 0.489 e. The molecule has 8 nitrogen and oxygen atoms in total. The molecule has 1 aromatic heterocycles. The maximum Gasteiger partial charge on any atom is 0.277 e. The Morgan fingerprint density at radius 2 is 2.07 bits per heavy atom. The maximum atomic E-state index is 13.6. The lowest BCUT2D eigenvalue weighted by Gasteiger charge is -2.09. The number of rotatable bonds is 9. The summed E-state index contributed by atoms with van der Waals surface area (Å²) in [7, 11) is 0. The fourth-order valence-corrected chi connectivity index (χ4v) is 2.53. The van der Waals surface area contributed by atoms with Crippen molar-refractivity contribution in [2.24, 2.45) is 0 Å². The highest BCUT2D eigenvalue weighted by Gasteiger charge is 2.15. The summed E-state index contributed by atoms with van der Waals surface area (Å²) in [5, 5.41) is 11.5. The van der Waals surface area contributed by atoms with E-state index in [1.807, 2.05) is 29.6 Å². The monoisotopic (exact) mass is 386 g/mol. The first-order chi connectivity index (χ1) is 13.6. The zero-order valence-corrected chi connectivity index (χ0v) is 15.1. The fraction of sp³-hybridized carbons (Fsp3) is 0.211. The number of amides is 1. The molecule has 0 bridgehead atoms. The van der Waals surface area contributed by atoms with Crippen LogP contribution in [0, 0.1) is 5.82 Å². The minimum atomic E-state index is -0.421. The lowest BCUT2D eigenvalue weighted by molar-refractivity contribution is -0.668. The maximum absolute atomic E-state index is 13.6. The van der Waals surface area contributed by atoms with Crippen LogP contribution in [0.25, 0.3) is 0 Å². The van der Waals surface area contributed by atoms with Crippen LogP contribution in [0.15, 0.2) is 53.2 Å². The lowest BCUT2D eigenvalue weighted by atomic mass is 10.2. The molecule has 2 aromatic carbocycles. The summed E-state index contributed by atoms with van der Waals surface area (Å²) in [5.74, 6) is -0.0574. The smallest absolute Gasteiger partial charge is 0.277 e. The third-order valence-electron chi connectivity index (χ3n) is 3.99. The van der Waals surface area contributed by atoms with E-state index in [1.54, 1.807) is 18.2 Å². The number of carbonyl (C=O) groups is 1. The van der Waals surface area contributed by atoms with E-state index >= 15 is 0 Å². The Bertz CT molecular complexity index is 931. The molecule has 3 rings (SSSR count). The predicted octanol–water partition coefficient (Wildman–Crippen LogP) is 0.863. The third kappa shape index (κ3) is 5.27. The molecule has 0 atom stereocenters. The number of nitrogen functional groups attached to an aromatic ring is 1. The molecule has 0 radical (unpaired) electrons. The zero-order chi connectivity index (χ0) is 19.8. The van der Waals surface area contributed by atoms with Crippen molar-refractivity contribution in [3.05, 3.63) is 71.2 Å². The van der Waals surface area contributed by atoms with Crippen LogP contribution in [0.1, 0.15) is 21.6 Å². The SMILES string of the molecule is Nc1nonc1C(=O)NCC[NH2+]Cc1cccc(OCc2ccccc2F)c1. The topological polar surface area (TPSA) is 120 Å². The Morgan fingerprint density at radius 1 is 1.21 bits per heavy atom. The summed E-state index contributed by atoms with van der Waals surface area (Å²) >= 11 is 0. The van der Waals surface area contributed by atoms with Gasteiger partial charge in [-0.15, -0.1) is 0 Å². The molecule has 0 saturated heterocycles. The predicted molar refractivity (Wildman–Crippen MR) is 98.7 cm³/mol. The van der Waals surface area contributed by atoms with Crippen LogP contribution in [0.3, 0.4) is 0 Å². The van der Waals surface area contributed by atoms with Crippen LogP contribution in [0.2, 0.25) is 0 Å². The van der Waals surface area contributed by atoms with E-state index in [-0.39, 0.29) is 23.9 Å². The van der Waals surface area contributed by atoms with Gasteiger partial charge in [0, 0.05) is 11.1 Å². The second kappa shape index (κ2) is 9.47. The Balaban J connectivity index is 1.40. The molecular formula is C19H21FN5O3+. The van der Waals surface area contributed by atoms with Gasteiger partial charge in [0.25, 0.3) is 5.91 Å². The van der Waals surface area contributed by atoms with E-state index in [0.717, 1.165) is 5.56 Å². The van der Waals surface area contributed by atoms with Crippen molar-refractivity contribution >= 4 is 11.7 Å². The molecule has 0 aliphatic carbocycles. The first-order valence-corrected chi connectivity index (χ1v) is 8.76. The van der Waals surface area contributed by atoms with E-state index in [0.29, 0.717) is 30.9 Å². The number of benzene rings is 2. The first kappa shape index (κ1) is 19.3. The van der Waals surface area contributed by atoms with Crippen molar-refractivity contribution in [3.63, 3.8) is 0 Å². The molecule has 0 saturated carbocycles. The molecule has 0 unspecified atom stereocenters. The zero-order valence-electron chi connectivity index (χ0n) is 15.1. The van der Waals surface area contributed by atoms with E-state index in [9.17, 15) is 9.18 Å². The highest BCUT2D eigenvalue weighted by molar-refractivity contribution is 5.95. The van der Waals surface area contributed by atoms with Crippen molar-refractivity contribution in [2.45, 2.75) is 13.2 Å². The van der Waals surface area contributed by atoms with Gasteiger partial charge in [-0.25, -0.2) is 9.02 Å². The number of quaternary nitrogens is 1. The number of hydrogen-bond donors (Lipinski definition) is 3. The van der Waals surface area contributed by atoms with Crippen molar-refractivity contribution in [1.29, 1.82) is 0 Å². The van der Waals surface area contributed by atoms with Gasteiger partial charge in [0.05, 0.1) is 13.1 Å². The number of nitrogens with zero attached hydrogens (tertiary/aromatic N) is 2. The lowest BCUT2D eigenvalue weighted by Crippen LogP contribution is -2.84. The Hall–Kier alpha value is -3.46. The Morgan fingerprint density at radius 3 is 2.86 bits per heavy atom. The molecule has 9 heteroatoms. The van der Waals surface area contributed by atoms with Gasteiger partial charge in [-0.1, -0.05) is 30.3 Å². The van der Waals surface area contributed by atoms with Gasteiger partial charge in [-0.05, 0) is 28.5 Å². The van der Waals surface area contributed by atoms with Crippen molar-refractivity contribution < 1.29 is 23.9 Å². The molecule has 3 aromatic rings. The minimum Gasteiger partial charge on any atom is -0.489 e. The average molecular weight is 386 g/mol. The second-order valence-corrected chi connectivity index (χ2v) is 6.06. The summed E-state index contributed by atoms with van der Waals surface area (Å²) in [6.07, 6.45) is 0. The summed E-state index contributed by atoms with van der Waals surface area (Å²) in [6, 6.07) is 14.2. The van der Waals surface area contributed by atoms with Crippen molar-refractivity contribution in [2.75, 3.05) is 18.8 Å². The molecule has 28 heavy (non-hydrogen) atoms.